The number of hydrogen-bond donors (Lipinski definition) is 0. The lowest BCUT2D eigenvalue weighted by atomic mass is 10.1. The summed E-state index contributed by atoms with van der Waals surface area (Å²) in [5, 5.41) is 0.952. The van der Waals surface area contributed by atoms with Crippen LogP contribution in [0.2, 0.25) is 0 Å². The average Bonchev–Trinajstić information content (AvgIpc) is 2.63. The molecule has 1 saturated heterocycles. The Morgan fingerprint density at radius 3 is 2.83 bits per heavy atom. The van der Waals surface area contributed by atoms with Crippen molar-refractivity contribution >= 4 is 17.7 Å². The molecular weight excluding hydrogens is 308 g/mol. The number of ether oxygens (including phenoxy) is 1. The molecule has 23 heavy (non-hydrogen) atoms. The van der Waals surface area contributed by atoms with Gasteiger partial charge in [0.05, 0.1) is 23.7 Å². The normalized spacial score (nSPS) is 18.0. The average molecular weight is 328 g/mol. The van der Waals surface area contributed by atoms with E-state index in [-0.39, 0.29) is 12.0 Å². The quantitative estimate of drug-likeness (QED) is 0.807. The van der Waals surface area contributed by atoms with Gasteiger partial charge in [-0.05, 0) is 23.4 Å². The Kier molecular flexibility index (Phi) is 5.31. The molecule has 1 aromatic heterocycles. The molecule has 0 saturated carbocycles. The Balaban J connectivity index is 1.69. The van der Waals surface area contributed by atoms with E-state index in [1.54, 1.807) is 18.0 Å². The Labute approximate surface area is 140 Å². The lowest BCUT2D eigenvalue weighted by Gasteiger charge is -2.33. The number of benzene rings is 1. The molecule has 0 aliphatic carbocycles. The zero-order chi connectivity index (χ0) is 16.1. The number of hydrogen-bond acceptors (Lipinski definition) is 4. The van der Waals surface area contributed by atoms with Gasteiger partial charge in [-0.2, -0.15) is 0 Å². The highest BCUT2D eigenvalue weighted by molar-refractivity contribution is 7.99. The summed E-state index contributed by atoms with van der Waals surface area (Å²) < 4.78 is 5.82. The second kappa shape index (κ2) is 7.62. The molecule has 3 rings (SSSR count). The van der Waals surface area contributed by atoms with Crippen LogP contribution in [0, 0.1) is 0 Å². The molecule has 5 heteroatoms. The second-order valence-electron chi connectivity index (χ2n) is 5.34. The highest BCUT2D eigenvalue weighted by Crippen LogP contribution is 2.23. The first kappa shape index (κ1) is 16.0. The molecule has 1 fully saturated rings. The number of amides is 1. The summed E-state index contributed by atoms with van der Waals surface area (Å²) in [5.41, 5.74) is 1.75. The van der Waals surface area contributed by atoms with E-state index in [0.717, 1.165) is 16.3 Å². The van der Waals surface area contributed by atoms with Crippen molar-refractivity contribution in [1.82, 2.24) is 9.88 Å². The van der Waals surface area contributed by atoms with Gasteiger partial charge < -0.3 is 9.64 Å². The molecule has 2 aromatic rings. The SMILES string of the molecule is CCSc1ccc(C(=O)N2CCOC(c3ccccc3)C2)cn1. The summed E-state index contributed by atoms with van der Waals surface area (Å²) in [4.78, 5) is 18.9. The molecule has 0 N–H and O–H groups in total. The minimum atomic E-state index is -0.0585. The fourth-order valence-corrected chi connectivity index (χ4v) is 3.21. The molecule has 0 bridgehead atoms. The van der Waals surface area contributed by atoms with Crippen LogP contribution < -0.4 is 0 Å². The molecule has 1 amide bonds. The monoisotopic (exact) mass is 328 g/mol. The Hall–Kier alpha value is -1.85. The molecular formula is C18H20N2O2S. The molecule has 1 unspecified atom stereocenters. The van der Waals surface area contributed by atoms with E-state index in [1.807, 2.05) is 47.4 Å². The van der Waals surface area contributed by atoms with Crippen molar-refractivity contribution in [3.63, 3.8) is 0 Å². The van der Waals surface area contributed by atoms with Crippen LogP contribution in [-0.2, 0) is 4.74 Å². The van der Waals surface area contributed by atoms with Gasteiger partial charge in [0.25, 0.3) is 5.91 Å². The molecule has 0 spiro atoms. The van der Waals surface area contributed by atoms with Crippen LogP contribution in [0.15, 0.2) is 53.7 Å². The third kappa shape index (κ3) is 3.92. The number of thioether (sulfide) groups is 1. The summed E-state index contributed by atoms with van der Waals surface area (Å²) in [6.45, 7) is 3.84. The largest absolute Gasteiger partial charge is 0.370 e. The topological polar surface area (TPSA) is 42.4 Å². The second-order valence-corrected chi connectivity index (χ2v) is 6.62. The lowest BCUT2D eigenvalue weighted by Crippen LogP contribution is -2.42. The first-order valence-corrected chi connectivity index (χ1v) is 8.81. The van der Waals surface area contributed by atoms with Gasteiger partial charge in [0.2, 0.25) is 0 Å². The lowest BCUT2D eigenvalue weighted by molar-refractivity contribution is -0.0228. The highest BCUT2D eigenvalue weighted by Gasteiger charge is 2.26. The number of morpholine rings is 1. The molecule has 1 atom stereocenters. The summed E-state index contributed by atoms with van der Waals surface area (Å²) in [7, 11) is 0. The van der Waals surface area contributed by atoms with Crippen LogP contribution in [0.5, 0.6) is 0 Å². The van der Waals surface area contributed by atoms with Gasteiger partial charge in [0, 0.05) is 12.7 Å². The van der Waals surface area contributed by atoms with Crippen LogP contribution in [-0.4, -0.2) is 41.2 Å². The van der Waals surface area contributed by atoms with Crippen molar-refractivity contribution in [3.05, 3.63) is 59.8 Å². The van der Waals surface area contributed by atoms with Gasteiger partial charge in [-0.15, -0.1) is 11.8 Å². The van der Waals surface area contributed by atoms with Gasteiger partial charge in [0.15, 0.2) is 0 Å². The van der Waals surface area contributed by atoms with Crippen LogP contribution in [0.4, 0.5) is 0 Å². The first-order chi connectivity index (χ1) is 11.3. The van der Waals surface area contributed by atoms with Crippen molar-refractivity contribution in [2.45, 2.75) is 18.1 Å². The fourth-order valence-electron chi connectivity index (χ4n) is 2.63. The summed E-state index contributed by atoms with van der Waals surface area (Å²) in [6, 6.07) is 13.8. The van der Waals surface area contributed by atoms with Crippen molar-refractivity contribution in [3.8, 4) is 0 Å². The van der Waals surface area contributed by atoms with Crippen molar-refractivity contribution in [2.24, 2.45) is 0 Å². The predicted molar refractivity (Wildman–Crippen MR) is 91.7 cm³/mol. The summed E-state index contributed by atoms with van der Waals surface area (Å²) in [5.74, 6) is 0.998. The molecule has 1 aromatic carbocycles. The summed E-state index contributed by atoms with van der Waals surface area (Å²) >= 11 is 1.67. The maximum absolute atomic E-state index is 12.7. The molecule has 4 nitrogen and oxygen atoms in total. The molecule has 1 aliphatic heterocycles. The number of pyridine rings is 1. The predicted octanol–water partition coefficient (Wildman–Crippen LogP) is 3.41. The van der Waals surface area contributed by atoms with E-state index in [1.165, 1.54) is 0 Å². The Bertz CT molecular complexity index is 646. The van der Waals surface area contributed by atoms with Crippen LogP contribution in [0.3, 0.4) is 0 Å². The number of aromatic nitrogens is 1. The maximum Gasteiger partial charge on any atom is 0.255 e. The maximum atomic E-state index is 12.7. The molecule has 1 aliphatic rings. The first-order valence-electron chi connectivity index (χ1n) is 7.82. The van der Waals surface area contributed by atoms with Gasteiger partial charge in [-0.1, -0.05) is 37.3 Å². The highest BCUT2D eigenvalue weighted by atomic mass is 32.2. The number of rotatable bonds is 4. The van der Waals surface area contributed by atoms with Gasteiger partial charge in [-0.25, -0.2) is 4.98 Å². The molecule has 2 heterocycles. The third-order valence-electron chi connectivity index (χ3n) is 3.80. The van der Waals surface area contributed by atoms with Crippen LogP contribution in [0.25, 0.3) is 0 Å². The van der Waals surface area contributed by atoms with Gasteiger partial charge >= 0.3 is 0 Å². The minimum Gasteiger partial charge on any atom is -0.370 e. The summed E-state index contributed by atoms with van der Waals surface area (Å²) in [6.07, 6.45) is 1.62. The van der Waals surface area contributed by atoms with Gasteiger partial charge in [-0.3, -0.25) is 4.79 Å². The number of nitrogens with zero attached hydrogens (tertiary/aromatic N) is 2. The van der Waals surface area contributed by atoms with E-state index in [4.69, 9.17) is 4.74 Å². The van der Waals surface area contributed by atoms with Crippen molar-refractivity contribution < 1.29 is 9.53 Å². The third-order valence-corrected chi connectivity index (χ3v) is 4.63. The number of carbonyl (C=O) groups excluding carboxylic acids is 1. The van der Waals surface area contributed by atoms with E-state index in [0.29, 0.717) is 25.3 Å². The zero-order valence-corrected chi connectivity index (χ0v) is 14.0. The van der Waals surface area contributed by atoms with E-state index < -0.39 is 0 Å². The number of carbonyl (C=O) groups is 1. The van der Waals surface area contributed by atoms with Crippen LogP contribution in [0.1, 0.15) is 28.9 Å². The van der Waals surface area contributed by atoms with Gasteiger partial charge in [0.1, 0.15) is 6.10 Å². The van der Waals surface area contributed by atoms with Crippen LogP contribution >= 0.6 is 11.8 Å². The van der Waals surface area contributed by atoms with Crippen molar-refractivity contribution in [1.29, 1.82) is 0 Å². The Morgan fingerprint density at radius 2 is 2.13 bits per heavy atom. The van der Waals surface area contributed by atoms with E-state index in [9.17, 15) is 4.79 Å². The van der Waals surface area contributed by atoms with E-state index in [2.05, 4.69) is 11.9 Å². The standard InChI is InChI=1S/C18H20N2O2S/c1-2-23-17-9-8-15(12-19-17)18(21)20-10-11-22-16(13-20)14-6-4-3-5-7-14/h3-9,12,16H,2,10-11,13H2,1H3. The smallest absolute Gasteiger partial charge is 0.255 e. The Morgan fingerprint density at radius 1 is 1.30 bits per heavy atom. The zero-order valence-electron chi connectivity index (χ0n) is 13.1. The fraction of sp³-hybridized carbons (Fsp3) is 0.333. The van der Waals surface area contributed by atoms with E-state index >= 15 is 0 Å². The minimum absolute atomic E-state index is 0.0229. The molecule has 120 valence electrons. The molecule has 0 radical (unpaired) electrons. The van der Waals surface area contributed by atoms with Crippen molar-refractivity contribution in [2.75, 3.05) is 25.4 Å².